The Labute approximate surface area is 111 Å². The summed E-state index contributed by atoms with van der Waals surface area (Å²) in [5, 5.41) is 9.34. The average molecular weight is 270 g/mol. The van der Waals surface area contributed by atoms with Crippen LogP contribution in [0.2, 0.25) is 5.02 Å². The van der Waals surface area contributed by atoms with Crippen molar-refractivity contribution in [2.45, 2.75) is 25.7 Å². The van der Waals surface area contributed by atoms with Gasteiger partial charge in [0.2, 0.25) is 0 Å². The lowest BCUT2D eigenvalue weighted by Crippen LogP contribution is -2.15. The van der Waals surface area contributed by atoms with Gasteiger partial charge in [-0.05, 0) is 24.5 Å². The molecule has 0 heterocycles. The molecule has 18 heavy (non-hydrogen) atoms. The summed E-state index contributed by atoms with van der Waals surface area (Å²) in [5.74, 6) is -0.147. The van der Waals surface area contributed by atoms with Gasteiger partial charge in [0.25, 0.3) is 0 Å². The number of aromatic carboxylic acids is 1. The molecule has 0 unspecified atom stereocenters. The largest absolute Gasteiger partial charge is 0.491 e. The van der Waals surface area contributed by atoms with Crippen LogP contribution >= 0.6 is 11.6 Å². The van der Waals surface area contributed by atoms with Crippen molar-refractivity contribution in [3.05, 3.63) is 22.7 Å². The van der Waals surface area contributed by atoms with Crippen LogP contribution < -0.4 is 10.5 Å². The van der Waals surface area contributed by atoms with E-state index < -0.39 is 5.97 Å². The Bertz CT molecular complexity index is 458. The highest BCUT2D eigenvalue weighted by Crippen LogP contribution is 2.33. The van der Waals surface area contributed by atoms with Gasteiger partial charge in [-0.2, -0.15) is 0 Å². The topological polar surface area (TPSA) is 72.5 Å². The Morgan fingerprint density at radius 3 is 2.78 bits per heavy atom. The first-order valence-electron chi connectivity index (χ1n) is 6.03. The number of ether oxygens (including phenoxy) is 1. The Hall–Kier alpha value is -1.42. The zero-order valence-corrected chi connectivity index (χ0v) is 10.7. The maximum Gasteiger partial charge on any atom is 0.339 e. The number of anilines is 1. The van der Waals surface area contributed by atoms with Crippen LogP contribution in [0.4, 0.5) is 5.69 Å². The molecule has 3 N–H and O–H groups in total. The summed E-state index contributed by atoms with van der Waals surface area (Å²) in [6, 6.07) is 2.87. The van der Waals surface area contributed by atoms with E-state index in [1.54, 1.807) is 0 Å². The van der Waals surface area contributed by atoms with Gasteiger partial charge in [-0.25, -0.2) is 4.79 Å². The Kier molecular flexibility index (Phi) is 3.97. The standard InChI is InChI=1S/C13H16ClNO3/c14-11-7-9(15)6-10(13(16)17)12(11)18-5-4-8-2-1-3-8/h6-8H,1-5,15H2,(H,16,17). The van der Waals surface area contributed by atoms with E-state index in [1.807, 2.05) is 0 Å². The van der Waals surface area contributed by atoms with Crippen molar-refractivity contribution in [1.29, 1.82) is 0 Å². The van der Waals surface area contributed by atoms with Crippen LogP contribution in [0.15, 0.2) is 12.1 Å². The number of carbonyl (C=O) groups is 1. The van der Waals surface area contributed by atoms with Gasteiger partial charge in [0.05, 0.1) is 11.6 Å². The van der Waals surface area contributed by atoms with Crippen LogP contribution in [-0.4, -0.2) is 17.7 Å². The van der Waals surface area contributed by atoms with Gasteiger partial charge in [-0.1, -0.05) is 30.9 Å². The van der Waals surface area contributed by atoms with Gasteiger partial charge in [-0.15, -0.1) is 0 Å². The minimum atomic E-state index is -1.08. The van der Waals surface area contributed by atoms with Gasteiger partial charge in [0.1, 0.15) is 5.56 Å². The Morgan fingerprint density at radius 1 is 1.50 bits per heavy atom. The summed E-state index contributed by atoms with van der Waals surface area (Å²) < 4.78 is 5.52. The molecule has 0 aromatic heterocycles. The molecule has 0 spiro atoms. The van der Waals surface area contributed by atoms with Crippen LogP contribution in [-0.2, 0) is 0 Å². The van der Waals surface area contributed by atoms with E-state index in [-0.39, 0.29) is 16.3 Å². The molecule has 1 aromatic carbocycles. The normalized spacial score (nSPS) is 15.2. The molecule has 1 aliphatic rings. The fraction of sp³-hybridized carbons (Fsp3) is 0.462. The predicted molar refractivity (Wildman–Crippen MR) is 70.3 cm³/mol. The van der Waals surface area contributed by atoms with Crippen molar-refractivity contribution in [2.24, 2.45) is 5.92 Å². The van der Waals surface area contributed by atoms with Crippen molar-refractivity contribution >= 4 is 23.3 Å². The van der Waals surface area contributed by atoms with Crippen LogP contribution in [0.1, 0.15) is 36.0 Å². The highest BCUT2D eigenvalue weighted by molar-refractivity contribution is 6.33. The zero-order valence-electron chi connectivity index (χ0n) is 9.99. The highest BCUT2D eigenvalue weighted by atomic mass is 35.5. The molecule has 0 radical (unpaired) electrons. The number of halogens is 1. The maximum atomic E-state index is 11.1. The van der Waals surface area contributed by atoms with Gasteiger partial charge < -0.3 is 15.6 Å². The molecule has 98 valence electrons. The summed E-state index contributed by atoms with van der Waals surface area (Å²) in [4.78, 5) is 11.1. The number of nitrogen functional groups attached to an aromatic ring is 1. The van der Waals surface area contributed by atoms with E-state index in [0.717, 1.165) is 6.42 Å². The number of rotatable bonds is 5. The van der Waals surface area contributed by atoms with E-state index in [1.165, 1.54) is 31.4 Å². The fourth-order valence-corrected chi connectivity index (χ4v) is 2.31. The molecule has 1 fully saturated rings. The lowest BCUT2D eigenvalue weighted by atomic mass is 9.83. The first-order chi connectivity index (χ1) is 8.58. The summed E-state index contributed by atoms with van der Waals surface area (Å²) in [5.41, 5.74) is 5.92. The number of hydrogen-bond acceptors (Lipinski definition) is 3. The molecule has 1 saturated carbocycles. The smallest absolute Gasteiger partial charge is 0.339 e. The van der Waals surface area contributed by atoms with Crippen molar-refractivity contribution in [2.75, 3.05) is 12.3 Å². The third kappa shape index (κ3) is 2.88. The number of carboxylic acids is 1. The van der Waals surface area contributed by atoms with Crippen molar-refractivity contribution in [1.82, 2.24) is 0 Å². The Balaban J connectivity index is 2.07. The number of nitrogens with two attached hydrogens (primary N) is 1. The molecule has 0 saturated heterocycles. The molecule has 4 nitrogen and oxygen atoms in total. The molecular weight excluding hydrogens is 254 g/mol. The fourth-order valence-electron chi connectivity index (χ4n) is 2.03. The molecule has 0 aliphatic heterocycles. The third-order valence-corrected chi connectivity index (χ3v) is 3.57. The van der Waals surface area contributed by atoms with Crippen molar-refractivity contribution < 1.29 is 14.6 Å². The number of hydrogen-bond donors (Lipinski definition) is 2. The lowest BCUT2D eigenvalue weighted by molar-refractivity contribution is 0.0691. The molecule has 5 heteroatoms. The van der Waals surface area contributed by atoms with Crippen LogP contribution in [0.5, 0.6) is 5.75 Å². The number of benzene rings is 1. The van der Waals surface area contributed by atoms with Crippen molar-refractivity contribution in [3.8, 4) is 5.75 Å². The molecule has 0 atom stereocenters. The summed E-state index contributed by atoms with van der Waals surface area (Å²) in [6.07, 6.45) is 4.71. The second kappa shape index (κ2) is 5.48. The molecule has 2 rings (SSSR count). The average Bonchev–Trinajstić information content (AvgIpc) is 2.23. The minimum absolute atomic E-state index is 0.0219. The molecular formula is C13H16ClNO3. The van der Waals surface area contributed by atoms with Gasteiger partial charge in [0.15, 0.2) is 5.75 Å². The minimum Gasteiger partial charge on any atom is -0.491 e. The van der Waals surface area contributed by atoms with Gasteiger partial charge in [-0.3, -0.25) is 0 Å². The highest BCUT2D eigenvalue weighted by Gasteiger charge is 2.19. The SMILES string of the molecule is Nc1cc(Cl)c(OCCC2CCC2)c(C(=O)O)c1. The quantitative estimate of drug-likeness (QED) is 0.805. The second-order valence-corrected chi connectivity index (χ2v) is 5.03. The lowest BCUT2D eigenvalue weighted by Gasteiger charge is -2.25. The first kappa shape index (κ1) is 13.0. The molecule has 1 aliphatic carbocycles. The van der Waals surface area contributed by atoms with E-state index in [0.29, 0.717) is 18.2 Å². The van der Waals surface area contributed by atoms with Crippen molar-refractivity contribution in [3.63, 3.8) is 0 Å². The van der Waals surface area contributed by atoms with Crippen LogP contribution in [0.3, 0.4) is 0 Å². The van der Waals surface area contributed by atoms with Crippen LogP contribution in [0.25, 0.3) is 0 Å². The maximum absolute atomic E-state index is 11.1. The van der Waals surface area contributed by atoms with Crippen LogP contribution in [0, 0.1) is 5.92 Å². The van der Waals surface area contributed by atoms with E-state index in [4.69, 9.17) is 27.2 Å². The Morgan fingerprint density at radius 2 is 2.22 bits per heavy atom. The third-order valence-electron chi connectivity index (χ3n) is 3.29. The second-order valence-electron chi connectivity index (χ2n) is 4.62. The molecule has 0 amide bonds. The summed E-state index contributed by atoms with van der Waals surface area (Å²) in [6.45, 7) is 0.495. The molecule has 0 bridgehead atoms. The first-order valence-corrected chi connectivity index (χ1v) is 6.41. The zero-order chi connectivity index (χ0) is 13.1. The monoisotopic (exact) mass is 269 g/mol. The van der Waals surface area contributed by atoms with E-state index in [9.17, 15) is 4.79 Å². The van der Waals surface area contributed by atoms with Gasteiger partial charge in [0, 0.05) is 5.69 Å². The summed E-state index contributed by atoms with van der Waals surface area (Å²) in [7, 11) is 0. The molecule has 1 aromatic rings. The predicted octanol–water partition coefficient (Wildman–Crippen LogP) is 3.19. The van der Waals surface area contributed by atoms with E-state index in [2.05, 4.69) is 0 Å². The van der Waals surface area contributed by atoms with E-state index >= 15 is 0 Å². The number of carboxylic acid groups (broad SMARTS) is 1. The summed E-state index contributed by atoms with van der Waals surface area (Å²) >= 11 is 5.97. The van der Waals surface area contributed by atoms with Gasteiger partial charge >= 0.3 is 5.97 Å².